The average Bonchev–Trinajstić information content (AvgIpc) is 2.86. The summed E-state index contributed by atoms with van der Waals surface area (Å²) in [5.41, 5.74) is -0.121. The number of hydrogen-bond acceptors (Lipinski definition) is 4. The summed E-state index contributed by atoms with van der Waals surface area (Å²) in [5.74, 6) is -0.953. The standard InChI is InChI=1S/C15H18F3N5O2/c1-11(2)7-21(9-15(16,17)18)13(24)8-23-14(25)22(10-20-23)12-3-5-19-6-4-12/h3-6,10-11H,7-9H2,1-2H3. The van der Waals surface area contributed by atoms with E-state index in [1.807, 2.05) is 0 Å². The van der Waals surface area contributed by atoms with E-state index in [0.717, 1.165) is 4.68 Å². The molecule has 0 saturated heterocycles. The van der Waals surface area contributed by atoms with E-state index in [1.165, 1.54) is 23.3 Å². The Morgan fingerprint density at radius 1 is 1.28 bits per heavy atom. The van der Waals surface area contributed by atoms with Gasteiger partial charge >= 0.3 is 11.9 Å². The monoisotopic (exact) mass is 357 g/mol. The molecule has 2 heterocycles. The second-order valence-corrected chi connectivity index (χ2v) is 5.93. The number of aromatic nitrogens is 4. The maximum Gasteiger partial charge on any atom is 0.406 e. The summed E-state index contributed by atoms with van der Waals surface area (Å²) in [5, 5.41) is 3.81. The first-order valence-electron chi connectivity index (χ1n) is 7.57. The number of carbonyl (C=O) groups excluding carboxylic acids is 1. The third-order valence-electron chi connectivity index (χ3n) is 3.27. The highest BCUT2D eigenvalue weighted by molar-refractivity contribution is 5.76. The van der Waals surface area contributed by atoms with E-state index in [-0.39, 0.29) is 12.5 Å². The van der Waals surface area contributed by atoms with Crippen molar-refractivity contribution in [2.45, 2.75) is 26.6 Å². The smallest absolute Gasteiger partial charge is 0.332 e. The number of rotatable bonds is 6. The number of nitrogens with zero attached hydrogens (tertiary/aromatic N) is 5. The molecule has 2 rings (SSSR count). The van der Waals surface area contributed by atoms with E-state index in [4.69, 9.17) is 0 Å². The third kappa shape index (κ3) is 5.16. The molecular weight excluding hydrogens is 339 g/mol. The maximum absolute atomic E-state index is 12.7. The van der Waals surface area contributed by atoms with Gasteiger partial charge in [-0.25, -0.2) is 14.0 Å². The van der Waals surface area contributed by atoms with Crippen LogP contribution in [0.4, 0.5) is 13.2 Å². The van der Waals surface area contributed by atoms with Crippen LogP contribution in [0.25, 0.3) is 5.69 Å². The fourth-order valence-corrected chi connectivity index (χ4v) is 2.27. The van der Waals surface area contributed by atoms with Gasteiger partial charge in [-0.15, -0.1) is 0 Å². The van der Waals surface area contributed by atoms with Crippen LogP contribution >= 0.6 is 0 Å². The Balaban J connectivity index is 2.18. The fraction of sp³-hybridized carbons (Fsp3) is 0.467. The van der Waals surface area contributed by atoms with Crippen molar-refractivity contribution < 1.29 is 18.0 Å². The molecule has 0 aliphatic rings. The van der Waals surface area contributed by atoms with Crippen molar-refractivity contribution in [3.05, 3.63) is 41.3 Å². The zero-order chi connectivity index (χ0) is 18.6. The number of amides is 1. The lowest BCUT2D eigenvalue weighted by molar-refractivity contribution is -0.162. The molecule has 2 aromatic rings. The van der Waals surface area contributed by atoms with Crippen molar-refractivity contribution in [3.63, 3.8) is 0 Å². The van der Waals surface area contributed by atoms with Gasteiger partial charge in [-0.05, 0) is 18.1 Å². The van der Waals surface area contributed by atoms with Gasteiger partial charge in [0.1, 0.15) is 19.4 Å². The van der Waals surface area contributed by atoms with Gasteiger partial charge in [0.2, 0.25) is 5.91 Å². The van der Waals surface area contributed by atoms with Crippen LogP contribution in [0, 0.1) is 5.92 Å². The molecule has 0 aromatic carbocycles. The molecule has 10 heteroatoms. The van der Waals surface area contributed by atoms with E-state index in [0.29, 0.717) is 10.6 Å². The molecule has 0 bridgehead atoms. The number of carbonyl (C=O) groups is 1. The molecule has 25 heavy (non-hydrogen) atoms. The first kappa shape index (κ1) is 18.7. The second-order valence-electron chi connectivity index (χ2n) is 5.93. The van der Waals surface area contributed by atoms with Crippen LogP contribution in [0.1, 0.15) is 13.8 Å². The second kappa shape index (κ2) is 7.49. The van der Waals surface area contributed by atoms with Crippen molar-refractivity contribution in [3.8, 4) is 5.69 Å². The highest BCUT2D eigenvalue weighted by atomic mass is 19.4. The Hall–Kier alpha value is -2.65. The Kier molecular flexibility index (Phi) is 5.60. The van der Waals surface area contributed by atoms with Crippen molar-refractivity contribution in [2.75, 3.05) is 13.1 Å². The minimum Gasteiger partial charge on any atom is -0.332 e. The molecule has 0 saturated carbocycles. The molecule has 0 N–H and O–H groups in total. The highest BCUT2D eigenvalue weighted by Crippen LogP contribution is 2.17. The molecule has 2 aromatic heterocycles. The van der Waals surface area contributed by atoms with E-state index in [2.05, 4.69) is 10.1 Å². The Morgan fingerprint density at radius 3 is 2.48 bits per heavy atom. The van der Waals surface area contributed by atoms with Gasteiger partial charge in [0.05, 0.1) is 5.69 Å². The Labute approximate surface area is 141 Å². The van der Waals surface area contributed by atoms with E-state index in [9.17, 15) is 22.8 Å². The number of hydrogen-bond donors (Lipinski definition) is 0. The van der Waals surface area contributed by atoms with Gasteiger partial charge in [0.15, 0.2) is 0 Å². The van der Waals surface area contributed by atoms with Crippen LogP contribution < -0.4 is 5.69 Å². The molecular formula is C15H18F3N5O2. The fourth-order valence-electron chi connectivity index (χ4n) is 2.27. The van der Waals surface area contributed by atoms with Gasteiger partial charge in [-0.3, -0.25) is 9.78 Å². The van der Waals surface area contributed by atoms with Gasteiger partial charge in [0, 0.05) is 18.9 Å². The number of pyridine rings is 1. The summed E-state index contributed by atoms with van der Waals surface area (Å²) >= 11 is 0. The molecule has 0 aliphatic heterocycles. The van der Waals surface area contributed by atoms with E-state index >= 15 is 0 Å². The van der Waals surface area contributed by atoms with Crippen molar-refractivity contribution in [2.24, 2.45) is 5.92 Å². The summed E-state index contributed by atoms with van der Waals surface area (Å²) in [6.45, 7) is 1.45. The Bertz CT molecular complexity index is 767. The number of halogens is 3. The third-order valence-corrected chi connectivity index (χ3v) is 3.27. The lowest BCUT2D eigenvalue weighted by Gasteiger charge is -2.25. The maximum atomic E-state index is 12.7. The van der Waals surface area contributed by atoms with E-state index in [1.54, 1.807) is 26.0 Å². The lowest BCUT2D eigenvalue weighted by Crippen LogP contribution is -2.44. The van der Waals surface area contributed by atoms with Crippen molar-refractivity contribution >= 4 is 5.91 Å². The summed E-state index contributed by atoms with van der Waals surface area (Å²) in [7, 11) is 0. The quantitative estimate of drug-likeness (QED) is 0.785. The van der Waals surface area contributed by atoms with E-state index < -0.39 is 30.9 Å². The van der Waals surface area contributed by atoms with Crippen molar-refractivity contribution in [1.82, 2.24) is 24.2 Å². The molecule has 0 spiro atoms. The molecule has 0 unspecified atom stereocenters. The first-order valence-corrected chi connectivity index (χ1v) is 7.57. The Morgan fingerprint density at radius 2 is 1.92 bits per heavy atom. The molecule has 1 amide bonds. The number of alkyl halides is 3. The van der Waals surface area contributed by atoms with Crippen LogP contribution in [-0.4, -0.2) is 49.4 Å². The summed E-state index contributed by atoms with van der Waals surface area (Å²) in [4.78, 5) is 29.0. The molecule has 0 radical (unpaired) electrons. The summed E-state index contributed by atoms with van der Waals surface area (Å²) in [6, 6.07) is 3.15. The largest absolute Gasteiger partial charge is 0.406 e. The van der Waals surface area contributed by atoms with Gasteiger partial charge in [0.25, 0.3) is 0 Å². The predicted molar refractivity (Wildman–Crippen MR) is 83.1 cm³/mol. The topological polar surface area (TPSA) is 73.0 Å². The minimum atomic E-state index is -4.51. The zero-order valence-corrected chi connectivity index (χ0v) is 13.8. The predicted octanol–water partition coefficient (Wildman–Crippen LogP) is 1.48. The lowest BCUT2D eigenvalue weighted by atomic mass is 10.2. The first-order chi connectivity index (χ1) is 11.7. The normalized spacial score (nSPS) is 11.8. The highest BCUT2D eigenvalue weighted by Gasteiger charge is 2.33. The summed E-state index contributed by atoms with van der Waals surface area (Å²) < 4.78 is 40.0. The molecule has 7 nitrogen and oxygen atoms in total. The molecule has 0 atom stereocenters. The SMILES string of the molecule is CC(C)CN(CC(F)(F)F)C(=O)Cn1ncn(-c2ccncc2)c1=O. The molecule has 136 valence electrons. The van der Waals surface area contributed by atoms with Crippen LogP contribution in [0.3, 0.4) is 0 Å². The molecule has 0 fully saturated rings. The minimum absolute atomic E-state index is 0.0574. The van der Waals surface area contributed by atoms with Gasteiger partial charge in [-0.2, -0.15) is 18.3 Å². The van der Waals surface area contributed by atoms with Crippen LogP contribution in [-0.2, 0) is 11.3 Å². The van der Waals surface area contributed by atoms with Crippen LogP contribution in [0.5, 0.6) is 0 Å². The van der Waals surface area contributed by atoms with Crippen LogP contribution in [0.2, 0.25) is 0 Å². The zero-order valence-electron chi connectivity index (χ0n) is 13.8. The molecule has 0 aliphatic carbocycles. The van der Waals surface area contributed by atoms with Crippen LogP contribution in [0.15, 0.2) is 35.6 Å². The van der Waals surface area contributed by atoms with Gasteiger partial charge < -0.3 is 4.90 Å². The average molecular weight is 357 g/mol. The van der Waals surface area contributed by atoms with Crippen molar-refractivity contribution in [1.29, 1.82) is 0 Å². The van der Waals surface area contributed by atoms with Gasteiger partial charge in [-0.1, -0.05) is 13.8 Å². The summed E-state index contributed by atoms with van der Waals surface area (Å²) in [6.07, 6.45) is -0.330.